The van der Waals surface area contributed by atoms with Crippen LogP contribution in [0.2, 0.25) is 0 Å². The van der Waals surface area contributed by atoms with Gasteiger partial charge in [-0.25, -0.2) is 4.79 Å². The number of aliphatic hydroxyl groups is 1. The Kier molecular flexibility index (Phi) is 11.4. The average molecular weight is 414 g/mol. The fraction of sp³-hybridized carbons (Fsp3) is 0.556. The Morgan fingerprint density at radius 1 is 1.23 bits per heavy atom. The van der Waals surface area contributed by atoms with Crippen LogP contribution in [0.25, 0.3) is 5.57 Å². The molecule has 0 radical (unpaired) electrons. The van der Waals surface area contributed by atoms with Gasteiger partial charge >= 0.3 is 29.1 Å². The van der Waals surface area contributed by atoms with Crippen LogP contribution in [-0.2, 0) is 10.3 Å². The Labute approximate surface area is 184 Å². The Bertz CT molecular complexity index is 626. The number of rotatable bonds is 2. The van der Waals surface area contributed by atoms with Gasteiger partial charge in [0.15, 0.2) is 0 Å². The van der Waals surface area contributed by atoms with Gasteiger partial charge in [0, 0.05) is 24.8 Å². The summed E-state index contributed by atoms with van der Waals surface area (Å²) in [6.45, 7) is 10.2. The predicted octanol–water partition coefficient (Wildman–Crippen LogP) is -3.04. The molecule has 0 fully saturated rings. The number of halogens is 2. The molecule has 0 saturated carbocycles. The third-order valence-corrected chi connectivity index (χ3v) is 3.59. The summed E-state index contributed by atoms with van der Waals surface area (Å²) in [6.07, 6.45) is 4.13. The van der Waals surface area contributed by atoms with Crippen molar-refractivity contribution in [1.82, 2.24) is 9.88 Å². The number of hydrogen-bond donors (Lipinski definition) is 1. The predicted molar refractivity (Wildman–Crippen MR) is 95.6 cm³/mol. The van der Waals surface area contributed by atoms with Crippen molar-refractivity contribution < 1.29 is 39.5 Å². The molecule has 1 aromatic heterocycles. The van der Waals surface area contributed by atoms with Gasteiger partial charge in [0.25, 0.3) is 0 Å². The molecule has 1 aromatic rings. The Hall–Kier alpha value is -0.534. The van der Waals surface area contributed by atoms with Crippen LogP contribution < -0.4 is 24.8 Å². The molecule has 1 aliphatic heterocycles. The van der Waals surface area contributed by atoms with E-state index in [2.05, 4.69) is 4.98 Å². The molecular formula is C18H26Cl2MgN2O3. The van der Waals surface area contributed by atoms with E-state index in [0.29, 0.717) is 25.2 Å². The van der Waals surface area contributed by atoms with E-state index in [1.807, 2.05) is 39.0 Å². The zero-order chi connectivity index (χ0) is 17.3. The summed E-state index contributed by atoms with van der Waals surface area (Å²) in [5.74, 6) is 0. The molecule has 2 rings (SSSR count). The quantitative estimate of drug-likeness (QED) is 0.524. The van der Waals surface area contributed by atoms with Crippen molar-refractivity contribution in [1.29, 1.82) is 0 Å². The van der Waals surface area contributed by atoms with Crippen LogP contribution >= 0.6 is 0 Å². The normalized spacial score (nSPS) is 14.2. The van der Waals surface area contributed by atoms with Crippen LogP contribution in [0, 0.1) is 0 Å². The summed E-state index contributed by atoms with van der Waals surface area (Å²) < 4.78 is 5.40. The fourth-order valence-electron chi connectivity index (χ4n) is 2.56. The molecule has 1 amide bonds. The van der Waals surface area contributed by atoms with Gasteiger partial charge in [-0.15, -0.1) is 0 Å². The molecule has 0 bridgehead atoms. The smallest absolute Gasteiger partial charge is 1.00 e. The minimum Gasteiger partial charge on any atom is -1.00 e. The van der Waals surface area contributed by atoms with Crippen LogP contribution in [0.15, 0.2) is 24.4 Å². The van der Waals surface area contributed by atoms with Gasteiger partial charge in [-0.05, 0) is 52.7 Å². The maximum atomic E-state index is 12.1. The maximum Gasteiger partial charge on any atom is 2.00 e. The van der Waals surface area contributed by atoms with Crippen LogP contribution in [0.4, 0.5) is 4.79 Å². The first-order valence-electron chi connectivity index (χ1n) is 7.93. The van der Waals surface area contributed by atoms with E-state index >= 15 is 0 Å². The largest absolute Gasteiger partial charge is 2.00 e. The van der Waals surface area contributed by atoms with Gasteiger partial charge in [0.1, 0.15) is 11.2 Å². The molecule has 0 spiro atoms. The van der Waals surface area contributed by atoms with E-state index < -0.39 is 11.2 Å². The van der Waals surface area contributed by atoms with Crippen molar-refractivity contribution in [3.8, 4) is 0 Å². The summed E-state index contributed by atoms with van der Waals surface area (Å²) in [7, 11) is 0. The molecule has 0 saturated heterocycles. The van der Waals surface area contributed by atoms with Gasteiger partial charge in [-0.3, -0.25) is 4.98 Å². The van der Waals surface area contributed by atoms with Crippen molar-refractivity contribution in [2.24, 2.45) is 0 Å². The first-order chi connectivity index (χ1) is 10.6. The SMILES string of the molecule is CC(C)(C)OC(=O)N1CC=C(c2cccnc2C(C)(C)O)CC1.[Cl-].[Cl-].[Mg+2]. The average Bonchev–Trinajstić information content (AvgIpc) is 2.45. The standard InChI is InChI=1S/C18H26N2O3.2ClH.Mg/c1-17(2,3)23-16(21)20-11-8-13(9-12-20)14-7-6-10-19-15(14)18(4,5)22;;;/h6-8,10,22H,9,11-12H2,1-5H3;2*1H;/q;;;+2/p-2. The molecule has 0 aliphatic carbocycles. The Morgan fingerprint density at radius 3 is 2.31 bits per heavy atom. The van der Waals surface area contributed by atoms with Crippen molar-refractivity contribution in [2.75, 3.05) is 13.1 Å². The van der Waals surface area contributed by atoms with E-state index in [0.717, 1.165) is 11.1 Å². The first kappa shape index (κ1) is 27.7. The second kappa shape index (κ2) is 10.7. The van der Waals surface area contributed by atoms with Crippen molar-refractivity contribution in [3.05, 3.63) is 35.7 Å². The molecule has 2 heterocycles. The summed E-state index contributed by atoms with van der Waals surface area (Å²) >= 11 is 0. The van der Waals surface area contributed by atoms with E-state index in [1.165, 1.54) is 0 Å². The topological polar surface area (TPSA) is 62.7 Å². The molecule has 0 unspecified atom stereocenters. The minimum absolute atomic E-state index is 0. The Balaban J connectivity index is 0. The minimum atomic E-state index is -1.00. The number of aromatic nitrogens is 1. The molecule has 0 atom stereocenters. The monoisotopic (exact) mass is 412 g/mol. The number of nitrogens with zero attached hydrogens (tertiary/aromatic N) is 2. The van der Waals surface area contributed by atoms with Crippen molar-refractivity contribution in [2.45, 2.75) is 52.2 Å². The van der Waals surface area contributed by atoms with Crippen LogP contribution in [0.3, 0.4) is 0 Å². The third-order valence-electron chi connectivity index (χ3n) is 3.59. The van der Waals surface area contributed by atoms with Gasteiger partial charge in [-0.2, -0.15) is 0 Å². The van der Waals surface area contributed by atoms with Gasteiger partial charge < -0.3 is 39.6 Å². The summed E-state index contributed by atoms with van der Waals surface area (Å²) in [5, 5.41) is 10.3. The van der Waals surface area contributed by atoms with Gasteiger partial charge in [0.05, 0.1) is 5.69 Å². The van der Waals surface area contributed by atoms with E-state index in [-0.39, 0.29) is 54.0 Å². The fourth-order valence-corrected chi connectivity index (χ4v) is 2.56. The molecule has 0 aromatic carbocycles. The van der Waals surface area contributed by atoms with E-state index in [9.17, 15) is 9.90 Å². The maximum absolute atomic E-state index is 12.1. The van der Waals surface area contributed by atoms with E-state index in [1.54, 1.807) is 24.9 Å². The molecule has 142 valence electrons. The molecule has 5 nitrogen and oxygen atoms in total. The summed E-state index contributed by atoms with van der Waals surface area (Å²) in [5.41, 5.74) is 1.23. The van der Waals surface area contributed by atoms with Crippen LogP contribution in [0.1, 0.15) is 52.3 Å². The summed E-state index contributed by atoms with van der Waals surface area (Å²) in [6, 6.07) is 3.83. The van der Waals surface area contributed by atoms with Crippen LogP contribution in [0.5, 0.6) is 0 Å². The van der Waals surface area contributed by atoms with Crippen molar-refractivity contribution >= 4 is 34.7 Å². The zero-order valence-corrected chi connectivity index (χ0v) is 19.0. The van der Waals surface area contributed by atoms with E-state index in [4.69, 9.17) is 4.74 Å². The molecular weight excluding hydrogens is 387 g/mol. The number of carbonyl (C=O) groups excluding carboxylic acids is 1. The van der Waals surface area contributed by atoms with Gasteiger partial charge in [0.2, 0.25) is 0 Å². The first-order valence-corrected chi connectivity index (χ1v) is 7.93. The zero-order valence-electron chi connectivity index (χ0n) is 16.1. The van der Waals surface area contributed by atoms with Gasteiger partial charge in [-0.1, -0.05) is 12.1 Å². The second-order valence-electron chi connectivity index (χ2n) is 7.36. The second-order valence-corrected chi connectivity index (χ2v) is 7.36. The molecule has 1 aliphatic rings. The molecule has 8 heteroatoms. The third kappa shape index (κ3) is 7.60. The number of hydrogen-bond acceptors (Lipinski definition) is 4. The Morgan fingerprint density at radius 2 is 1.85 bits per heavy atom. The number of carbonyl (C=O) groups is 1. The number of pyridine rings is 1. The van der Waals surface area contributed by atoms with Crippen LogP contribution in [-0.4, -0.2) is 62.8 Å². The number of ether oxygens (including phenoxy) is 1. The molecule has 1 N–H and O–H groups in total. The number of amides is 1. The summed E-state index contributed by atoms with van der Waals surface area (Å²) in [4.78, 5) is 18.1. The van der Waals surface area contributed by atoms with Crippen molar-refractivity contribution in [3.63, 3.8) is 0 Å². The molecule has 26 heavy (non-hydrogen) atoms.